The number of nitrogens with two attached hydrogens (primary N) is 1. The minimum absolute atomic E-state index is 0.0140. The van der Waals surface area contributed by atoms with Crippen molar-refractivity contribution in [2.24, 2.45) is 5.73 Å². The fourth-order valence-corrected chi connectivity index (χ4v) is 1.76. The molecule has 0 saturated heterocycles. The monoisotopic (exact) mass is 237 g/mol. The summed E-state index contributed by atoms with van der Waals surface area (Å²) in [5.41, 5.74) is 8.23. The number of benzene rings is 2. The zero-order valence-corrected chi connectivity index (χ0v) is 10.0. The molecule has 2 heteroatoms. The molecule has 0 atom stereocenters. The molecule has 0 spiro atoms. The largest absolute Gasteiger partial charge is 0.326 e. The average molecular weight is 237 g/mol. The fraction of sp³-hybridized carbons (Fsp3) is 0.0625. The Morgan fingerprint density at radius 3 is 1.89 bits per heavy atom. The maximum absolute atomic E-state index is 12.1. The van der Waals surface area contributed by atoms with Crippen molar-refractivity contribution in [1.29, 1.82) is 0 Å². The Morgan fingerprint density at radius 1 is 0.889 bits per heavy atom. The first-order valence-corrected chi connectivity index (χ1v) is 5.86. The molecule has 2 nitrogen and oxygen atoms in total. The normalized spacial score (nSPS) is 11.3. The quantitative estimate of drug-likeness (QED) is 0.656. The van der Waals surface area contributed by atoms with E-state index in [9.17, 15) is 4.79 Å². The van der Waals surface area contributed by atoms with E-state index in [0.29, 0.717) is 12.1 Å². The highest BCUT2D eigenvalue weighted by molar-refractivity contribution is 6.08. The van der Waals surface area contributed by atoms with Gasteiger partial charge in [0.25, 0.3) is 0 Å². The van der Waals surface area contributed by atoms with E-state index in [-0.39, 0.29) is 5.78 Å². The molecule has 0 bridgehead atoms. The third-order valence-corrected chi connectivity index (χ3v) is 2.73. The van der Waals surface area contributed by atoms with Crippen LogP contribution in [0.15, 0.2) is 66.7 Å². The highest BCUT2D eigenvalue weighted by Crippen LogP contribution is 2.14. The highest BCUT2D eigenvalue weighted by Gasteiger charge is 2.05. The first kappa shape index (κ1) is 12.3. The van der Waals surface area contributed by atoms with Gasteiger partial charge in [-0.2, -0.15) is 0 Å². The van der Waals surface area contributed by atoms with Gasteiger partial charge in [0.05, 0.1) is 0 Å². The van der Waals surface area contributed by atoms with Crippen molar-refractivity contribution in [3.8, 4) is 0 Å². The van der Waals surface area contributed by atoms with Gasteiger partial charge in [0, 0.05) is 12.1 Å². The topological polar surface area (TPSA) is 43.1 Å². The second kappa shape index (κ2) is 5.94. The molecule has 0 radical (unpaired) electrons. The van der Waals surface area contributed by atoms with Crippen LogP contribution in [0.5, 0.6) is 0 Å². The number of allylic oxidation sites excluding steroid dienone is 1. The van der Waals surface area contributed by atoms with Crippen LogP contribution in [0.4, 0.5) is 0 Å². The Labute approximate surface area is 107 Å². The van der Waals surface area contributed by atoms with E-state index >= 15 is 0 Å². The van der Waals surface area contributed by atoms with Crippen LogP contribution in [0, 0.1) is 0 Å². The van der Waals surface area contributed by atoms with E-state index in [2.05, 4.69) is 0 Å². The molecule has 0 aliphatic carbocycles. The molecule has 0 aliphatic rings. The molecule has 0 fully saturated rings. The molecule has 2 N–H and O–H groups in total. The Kier molecular flexibility index (Phi) is 4.05. The standard InChI is InChI=1S/C16H15NO/c17-12-15(13-7-3-1-4-8-13)11-16(18)14-9-5-2-6-10-14/h1-11H,12,17H2/b15-11-. The second-order valence-electron chi connectivity index (χ2n) is 3.97. The van der Waals surface area contributed by atoms with E-state index in [1.807, 2.05) is 48.5 Å². The van der Waals surface area contributed by atoms with E-state index in [0.717, 1.165) is 11.1 Å². The Bertz CT molecular complexity index is 544. The number of ketones is 1. The summed E-state index contributed by atoms with van der Waals surface area (Å²) in [5.74, 6) is -0.0140. The Balaban J connectivity index is 2.29. The molecule has 0 saturated carbocycles. The maximum Gasteiger partial charge on any atom is 0.186 e. The van der Waals surface area contributed by atoms with Gasteiger partial charge >= 0.3 is 0 Å². The molecule has 2 aromatic carbocycles. The Morgan fingerprint density at radius 2 is 1.39 bits per heavy atom. The van der Waals surface area contributed by atoms with Crippen LogP contribution in [-0.2, 0) is 0 Å². The molecule has 0 unspecified atom stereocenters. The SMILES string of the molecule is NC/C(=C/C(=O)c1ccccc1)c1ccccc1. The lowest BCUT2D eigenvalue weighted by Gasteiger charge is -2.04. The van der Waals surface area contributed by atoms with Crippen LogP contribution in [0.1, 0.15) is 15.9 Å². The Hall–Kier alpha value is -2.19. The summed E-state index contributed by atoms with van der Waals surface area (Å²) in [6, 6.07) is 18.9. The van der Waals surface area contributed by atoms with Crippen LogP contribution >= 0.6 is 0 Å². The lowest BCUT2D eigenvalue weighted by Crippen LogP contribution is -2.05. The third-order valence-electron chi connectivity index (χ3n) is 2.73. The summed E-state index contributed by atoms with van der Waals surface area (Å²) in [7, 11) is 0. The number of hydrogen-bond acceptors (Lipinski definition) is 2. The number of carbonyl (C=O) groups is 1. The van der Waals surface area contributed by atoms with Crippen LogP contribution in [0.3, 0.4) is 0 Å². The van der Waals surface area contributed by atoms with E-state index in [4.69, 9.17) is 5.73 Å². The maximum atomic E-state index is 12.1. The summed E-state index contributed by atoms with van der Waals surface area (Å²) >= 11 is 0. The van der Waals surface area contributed by atoms with Crippen molar-refractivity contribution < 1.29 is 4.79 Å². The molecule has 18 heavy (non-hydrogen) atoms. The third kappa shape index (κ3) is 2.93. The summed E-state index contributed by atoms with van der Waals surface area (Å²) in [4.78, 5) is 12.1. The van der Waals surface area contributed by atoms with Gasteiger partial charge in [0.2, 0.25) is 0 Å². The molecule has 90 valence electrons. The zero-order valence-electron chi connectivity index (χ0n) is 10.0. The predicted octanol–water partition coefficient (Wildman–Crippen LogP) is 2.91. The van der Waals surface area contributed by atoms with Crippen molar-refractivity contribution >= 4 is 11.4 Å². The van der Waals surface area contributed by atoms with Gasteiger partial charge in [0.1, 0.15) is 0 Å². The molecular formula is C16H15NO. The lowest BCUT2D eigenvalue weighted by atomic mass is 10.0. The molecule has 0 amide bonds. The first-order valence-electron chi connectivity index (χ1n) is 5.86. The van der Waals surface area contributed by atoms with Gasteiger partial charge in [0.15, 0.2) is 5.78 Å². The second-order valence-corrected chi connectivity index (χ2v) is 3.97. The van der Waals surface area contributed by atoms with Crippen molar-refractivity contribution in [2.45, 2.75) is 0 Å². The van der Waals surface area contributed by atoms with Crippen molar-refractivity contribution in [3.63, 3.8) is 0 Å². The van der Waals surface area contributed by atoms with Gasteiger partial charge in [-0.1, -0.05) is 60.7 Å². The molecular weight excluding hydrogens is 222 g/mol. The van der Waals surface area contributed by atoms with Gasteiger partial charge in [-0.3, -0.25) is 4.79 Å². The van der Waals surface area contributed by atoms with Gasteiger partial charge in [-0.15, -0.1) is 0 Å². The fourth-order valence-electron chi connectivity index (χ4n) is 1.76. The first-order chi connectivity index (χ1) is 8.81. The predicted molar refractivity (Wildman–Crippen MR) is 74.2 cm³/mol. The van der Waals surface area contributed by atoms with E-state index in [1.165, 1.54) is 0 Å². The van der Waals surface area contributed by atoms with Crippen LogP contribution < -0.4 is 5.73 Å². The van der Waals surface area contributed by atoms with Crippen LogP contribution in [0.2, 0.25) is 0 Å². The minimum atomic E-state index is -0.0140. The van der Waals surface area contributed by atoms with Crippen LogP contribution in [0.25, 0.3) is 5.57 Å². The van der Waals surface area contributed by atoms with Gasteiger partial charge in [-0.25, -0.2) is 0 Å². The summed E-state index contributed by atoms with van der Waals surface area (Å²) < 4.78 is 0. The molecule has 0 heterocycles. The summed E-state index contributed by atoms with van der Waals surface area (Å²) in [6.07, 6.45) is 1.62. The summed E-state index contributed by atoms with van der Waals surface area (Å²) in [6.45, 7) is 0.350. The van der Waals surface area contributed by atoms with Crippen LogP contribution in [-0.4, -0.2) is 12.3 Å². The molecule has 2 aromatic rings. The van der Waals surface area contributed by atoms with Crippen molar-refractivity contribution in [1.82, 2.24) is 0 Å². The minimum Gasteiger partial charge on any atom is -0.326 e. The number of carbonyl (C=O) groups excluding carboxylic acids is 1. The highest BCUT2D eigenvalue weighted by atomic mass is 16.1. The zero-order chi connectivity index (χ0) is 12.8. The van der Waals surface area contributed by atoms with Gasteiger partial charge in [-0.05, 0) is 17.2 Å². The summed E-state index contributed by atoms with van der Waals surface area (Å²) in [5, 5.41) is 0. The molecule has 0 aromatic heterocycles. The van der Waals surface area contributed by atoms with Crippen molar-refractivity contribution in [2.75, 3.05) is 6.54 Å². The average Bonchev–Trinajstić information content (AvgIpc) is 2.46. The van der Waals surface area contributed by atoms with E-state index < -0.39 is 0 Å². The lowest BCUT2D eigenvalue weighted by molar-refractivity contribution is 0.104. The van der Waals surface area contributed by atoms with Crippen molar-refractivity contribution in [3.05, 3.63) is 77.9 Å². The number of rotatable bonds is 4. The van der Waals surface area contributed by atoms with Gasteiger partial charge < -0.3 is 5.73 Å². The molecule has 0 aliphatic heterocycles. The number of hydrogen-bond donors (Lipinski definition) is 1. The molecule has 2 rings (SSSR count). The smallest absolute Gasteiger partial charge is 0.186 e. The van der Waals surface area contributed by atoms with E-state index in [1.54, 1.807) is 18.2 Å².